The molecule has 0 aromatic heterocycles. The highest BCUT2D eigenvalue weighted by molar-refractivity contribution is 5.83. The number of nitrogens with zero attached hydrogens (tertiary/aromatic N) is 1. The van der Waals surface area contributed by atoms with Crippen LogP contribution in [-0.4, -0.2) is 23.4 Å². The van der Waals surface area contributed by atoms with Crippen molar-refractivity contribution in [3.05, 3.63) is 39.4 Å². The molecule has 1 aliphatic heterocycles. The molecule has 0 saturated heterocycles. The maximum Gasteiger partial charge on any atom is 0.214 e. The molecule has 0 amide bonds. The molecule has 0 spiro atoms. The largest absolute Gasteiger partial charge is 0.481 e. The van der Waals surface area contributed by atoms with Crippen molar-refractivity contribution in [2.45, 2.75) is 25.9 Å². The van der Waals surface area contributed by atoms with E-state index >= 15 is 0 Å². The molecule has 2 rings (SSSR count). The van der Waals surface area contributed by atoms with Gasteiger partial charge in [0.15, 0.2) is 11.9 Å². The molecule has 2 atom stereocenters. The SMILES string of the molecule is CC(=O)[C@@H]1Oc2ccc(C)cc2[C@H]1C[N+](=O)[O-]. The summed E-state index contributed by atoms with van der Waals surface area (Å²) in [5.74, 6) is -0.0641. The highest BCUT2D eigenvalue weighted by atomic mass is 16.6. The number of benzene rings is 1. The molecule has 0 fully saturated rings. The molecule has 0 saturated carbocycles. The fourth-order valence-corrected chi connectivity index (χ4v) is 2.17. The maximum atomic E-state index is 11.4. The first-order chi connectivity index (χ1) is 7.99. The predicted octanol–water partition coefficient (Wildman–Crippen LogP) is 1.71. The summed E-state index contributed by atoms with van der Waals surface area (Å²) in [7, 11) is 0. The Morgan fingerprint density at radius 2 is 2.24 bits per heavy atom. The van der Waals surface area contributed by atoms with Crippen molar-refractivity contribution in [3.63, 3.8) is 0 Å². The minimum atomic E-state index is -0.725. The summed E-state index contributed by atoms with van der Waals surface area (Å²) in [5, 5.41) is 10.7. The van der Waals surface area contributed by atoms with E-state index in [-0.39, 0.29) is 12.3 Å². The monoisotopic (exact) mass is 235 g/mol. The zero-order valence-electron chi connectivity index (χ0n) is 9.67. The number of Topliss-reactive ketones (excluding diaryl/α,β-unsaturated/α-hetero) is 1. The highest BCUT2D eigenvalue weighted by Crippen LogP contribution is 2.39. The molecular weight excluding hydrogens is 222 g/mol. The van der Waals surface area contributed by atoms with E-state index in [2.05, 4.69) is 0 Å². The van der Waals surface area contributed by atoms with Crippen LogP contribution in [0.5, 0.6) is 5.75 Å². The van der Waals surface area contributed by atoms with E-state index in [9.17, 15) is 14.9 Å². The van der Waals surface area contributed by atoms with Crippen molar-refractivity contribution in [2.24, 2.45) is 0 Å². The quantitative estimate of drug-likeness (QED) is 0.590. The Morgan fingerprint density at radius 3 is 2.82 bits per heavy atom. The third kappa shape index (κ3) is 2.13. The summed E-state index contributed by atoms with van der Waals surface area (Å²) in [6, 6.07) is 5.48. The molecule has 1 aromatic carbocycles. The van der Waals surface area contributed by atoms with Crippen LogP contribution in [0.2, 0.25) is 0 Å². The summed E-state index contributed by atoms with van der Waals surface area (Å²) in [6.07, 6.45) is -0.725. The fourth-order valence-electron chi connectivity index (χ4n) is 2.17. The van der Waals surface area contributed by atoms with E-state index in [0.29, 0.717) is 5.75 Å². The van der Waals surface area contributed by atoms with Crippen LogP contribution in [0.25, 0.3) is 0 Å². The molecule has 0 unspecified atom stereocenters. The molecule has 0 bridgehead atoms. The average molecular weight is 235 g/mol. The Kier molecular flexibility index (Phi) is 2.83. The zero-order chi connectivity index (χ0) is 12.6. The van der Waals surface area contributed by atoms with Gasteiger partial charge in [0.25, 0.3) is 0 Å². The van der Waals surface area contributed by atoms with Gasteiger partial charge in [-0.05, 0) is 19.9 Å². The third-order valence-corrected chi connectivity index (χ3v) is 2.93. The summed E-state index contributed by atoms with van der Waals surface area (Å²) in [6.45, 7) is 3.03. The Balaban J connectivity index is 2.40. The first kappa shape index (κ1) is 11.6. The van der Waals surface area contributed by atoms with Crippen molar-refractivity contribution in [2.75, 3.05) is 6.54 Å². The van der Waals surface area contributed by atoms with Gasteiger partial charge in [0.2, 0.25) is 6.54 Å². The smallest absolute Gasteiger partial charge is 0.214 e. The molecule has 1 aliphatic rings. The van der Waals surface area contributed by atoms with E-state index in [0.717, 1.165) is 11.1 Å². The predicted molar refractivity (Wildman–Crippen MR) is 60.9 cm³/mol. The number of ether oxygens (including phenoxy) is 1. The van der Waals surface area contributed by atoms with Gasteiger partial charge in [-0.15, -0.1) is 0 Å². The fraction of sp³-hybridized carbons (Fsp3) is 0.417. The first-order valence-electron chi connectivity index (χ1n) is 5.38. The second kappa shape index (κ2) is 4.16. The van der Waals surface area contributed by atoms with Gasteiger partial charge in [-0.25, -0.2) is 0 Å². The standard InChI is InChI=1S/C12H13NO4/c1-7-3-4-11-9(5-7)10(6-13(15)16)12(17-11)8(2)14/h3-5,10,12H,6H2,1-2H3/t10-,12+/m1/s1. The Bertz CT molecular complexity index is 483. The van der Waals surface area contributed by atoms with Gasteiger partial charge < -0.3 is 4.74 Å². The Labute approximate surface area is 98.5 Å². The van der Waals surface area contributed by atoms with Crippen LogP contribution in [0, 0.1) is 17.0 Å². The zero-order valence-corrected chi connectivity index (χ0v) is 9.67. The molecule has 1 heterocycles. The number of aryl methyl sites for hydroxylation is 1. The third-order valence-electron chi connectivity index (χ3n) is 2.93. The van der Waals surface area contributed by atoms with Gasteiger partial charge in [-0.3, -0.25) is 14.9 Å². The number of rotatable bonds is 3. The van der Waals surface area contributed by atoms with Crippen LogP contribution < -0.4 is 4.74 Å². The summed E-state index contributed by atoms with van der Waals surface area (Å²) in [4.78, 5) is 21.7. The van der Waals surface area contributed by atoms with Crippen molar-refractivity contribution in [1.82, 2.24) is 0 Å². The van der Waals surface area contributed by atoms with E-state index in [1.54, 1.807) is 6.07 Å². The van der Waals surface area contributed by atoms with Crippen molar-refractivity contribution in [1.29, 1.82) is 0 Å². The molecule has 0 aliphatic carbocycles. The van der Waals surface area contributed by atoms with Gasteiger partial charge in [0.1, 0.15) is 5.75 Å². The maximum absolute atomic E-state index is 11.4. The highest BCUT2D eigenvalue weighted by Gasteiger charge is 2.40. The Morgan fingerprint density at radius 1 is 1.53 bits per heavy atom. The number of nitro groups is 1. The molecule has 5 nitrogen and oxygen atoms in total. The lowest BCUT2D eigenvalue weighted by Crippen LogP contribution is -2.31. The van der Waals surface area contributed by atoms with Crippen LogP contribution >= 0.6 is 0 Å². The van der Waals surface area contributed by atoms with Gasteiger partial charge >= 0.3 is 0 Å². The first-order valence-corrected chi connectivity index (χ1v) is 5.38. The van der Waals surface area contributed by atoms with Crippen LogP contribution in [0.15, 0.2) is 18.2 Å². The molecule has 90 valence electrons. The van der Waals surface area contributed by atoms with Crippen LogP contribution in [0.1, 0.15) is 24.0 Å². The van der Waals surface area contributed by atoms with Gasteiger partial charge in [0.05, 0.1) is 5.92 Å². The number of carbonyl (C=O) groups is 1. The molecule has 5 heteroatoms. The molecule has 0 N–H and O–H groups in total. The summed E-state index contributed by atoms with van der Waals surface area (Å²) in [5.41, 5.74) is 1.77. The van der Waals surface area contributed by atoms with Gasteiger partial charge in [-0.2, -0.15) is 0 Å². The number of ketones is 1. The molecular formula is C12H13NO4. The average Bonchev–Trinajstić information content (AvgIpc) is 2.56. The van der Waals surface area contributed by atoms with Crippen molar-refractivity contribution >= 4 is 5.78 Å². The van der Waals surface area contributed by atoms with Crippen LogP contribution in [-0.2, 0) is 4.79 Å². The second-order valence-corrected chi connectivity index (χ2v) is 4.31. The van der Waals surface area contributed by atoms with Crippen molar-refractivity contribution in [3.8, 4) is 5.75 Å². The summed E-state index contributed by atoms with van der Waals surface area (Å²) >= 11 is 0. The van der Waals surface area contributed by atoms with E-state index in [1.165, 1.54) is 6.92 Å². The van der Waals surface area contributed by atoms with Crippen molar-refractivity contribution < 1.29 is 14.5 Å². The molecule has 1 aromatic rings. The van der Waals surface area contributed by atoms with Gasteiger partial charge in [0, 0.05) is 10.5 Å². The number of hydrogen-bond donors (Lipinski definition) is 0. The summed E-state index contributed by atoms with van der Waals surface area (Å²) < 4.78 is 5.48. The number of fused-ring (bicyclic) bond motifs is 1. The number of hydrogen-bond acceptors (Lipinski definition) is 4. The topological polar surface area (TPSA) is 69.4 Å². The van der Waals surface area contributed by atoms with E-state index in [1.807, 2.05) is 19.1 Å². The van der Waals surface area contributed by atoms with Crippen LogP contribution in [0.3, 0.4) is 0 Å². The lowest BCUT2D eigenvalue weighted by Gasteiger charge is -2.12. The van der Waals surface area contributed by atoms with E-state index in [4.69, 9.17) is 4.74 Å². The Hall–Kier alpha value is -1.91. The lowest BCUT2D eigenvalue weighted by molar-refractivity contribution is -0.484. The lowest BCUT2D eigenvalue weighted by atomic mass is 9.92. The minimum Gasteiger partial charge on any atom is -0.481 e. The number of carbonyl (C=O) groups excluding carboxylic acids is 1. The normalized spacial score (nSPS) is 21.8. The minimum absolute atomic E-state index is 0.175. The molecule has 17 heavy (non-hydrogen) atoms. The van der Waals surface area contributed by atoms with E-state index < -0.39 is 16.9 Å². The van der Waals surface area contributed by atoms with Gasteiger partial charge in [-0.1, -0.05) is 17.7 Å². The second-order valence-electron chi connectivity index (χ2n) is 4.31. The molecule has 0 radical (unpaired) electrons. The van der Waals surface area contributed by atoms with Crippen LogP contribution in [0.4, 0.5) is 0 Å².